The minimum Gasteiger partial charge on any atom is -0.463 e. The fourth-order valence-corrected chi connectivity index (χ4v) is 3.61. The molecule has 0 aromatic heterocycles. The number of aliphatic hydroxyl groups is 3. The van der Waals surface area contributed by atoms with Gasteiger partial charge in [0.15, 0.2) is 0 Å². The summed E-state index contributed by atoms with van der Waals surface area (Å²) in [4.78, 5) is 18.1. The molecule has 5 atom stereocenters. The molecule has 1 aromatic carbocycles. The summed E-state index contributed by atoms with van der Waals surface area (Å²) >= 11 is 0. The predicted octanol–water partition coefficient (Wildman–Crippen LogP) is -1.87. The van der Waals surface area contributed by atoms with Crippen molar-refractivity contribution in [2.24, 2.45) is 0 Å². The highest BCUT2D eigenvalue weighted by Gasteiger charge is 2.63. The van der Waals surface area contributed by atoms with Gasteiger partial charge >= 0.3 is 10.1 Å². The first-order chi connectivity index (χ1) is 12.9. The third kappa shape index (κ3) is 4.06. The molecule has 1 aromatic rings. The lowest BCUT2D eigenvalue weighted by Crippen LogP contribution is -2.73. The van der Waals surface area contributed by atoms with Gasteiger partial charge in [-0.15, -0.1) is 0 Å². The maximum Gasteiger partial charge on any atom is 0.300 e. The quantitative estimate of drug-likeness (QED) is 0.195. The molecule has 5 N–H and O–H groups in total. The smallest absolute Gasteiger partial charge is 0.300 e. The SMILES string of the molecule is CC(=O)N[C@@H]1[C@@H](Oc2ccc([N+](=O)[O-])cc2)O[C@H](CO)[C@](O)(S(=O)(=O)O)[C@@H]1O. The van der Waals surface area contributed by atoms with E-state index in [1.54, 1.807) is 0 Å². The van der Waals surface area contributed by atoms with Crippen molar-refractivity contribution in [1.29, 1.82) is 0 Å². The van der Waals surface area contributed by atoms with Crippen molar-refractivity contribution in [2.45, 2.75) is 36.4 Å². The molecule has 0 aliphatic carbocycles. The summed E-state index contributed by atoms with van der Waals surface area (Å²) < 4.78 is 43.1. The van der Waals surface area contributed by atoms with Crippen LogP contribution in [0.1, 0.15) is 6.92 Å². The second-order valence-electron chi connectivity index (χ2n) is 5.94. The molecule has 0 saturated carbocycles. The minimum absolute atomic E-state index is 0.0212. The molecule has 156 valence electrons. The standard InChI is InChI=1S/C14H18N2O11S/c1-7(18)15-11-12(19)14(20,28(23,24)25)10(6-17)27-13(11)26-9-4-2-8(3-5-9)16(21)22/h2-5,10-13,17,19-20H,6H2,1H3,(H,15,18)(H,23,24,25)/t10-,11+,12-,13+,14+/m1/s1. The van der Waals surface area contributed by atoms with Crippen molar-refractivity contribution in [2.75, 3.05) is 6.61 Å². The van der Waals surface area contributed by atoms with Crippen LogP contribution in [-0.2, 0) is 19.6 Å². The van der Waals surface area contributed by atoms with Crippen molar-refractivity contribution in [1.82, 2.24) is 5.32 Å². The molecule has 1 aliphatic rings. The maximum absolute atomic E-state index is 11.6. The highest BCUT2D eigenvalue weighted by molar-refractivity contribution is 7.87. The lowest BCUT2D eigenvalue weighted by atomic mass is 9.96. The topological polar surface area (TPSA) is 206 Å². The first-order valence-corrected chi connectivity index (χ1v) is 9.17. The van der Waals surface area contributed by atoms with Gasteiger partial charge in [0.05, 0.1) is 11.5 Å². The zero-order valence-electron chi connectivity index (χ0n) is 14.3. The molecule has 1 amide bonds. The number of non-ortho nitro benzene ring substituents is 1. The van der Waals surface area contributed by atoms with Gasteiger partial charge in [0.2, 0.25) is 17.1 Å². The van der Waals surface area contributed by atoms with Gasteiger partial charge in [0, 0.05) is 19.1 Å². The Kier molecular flexibility index (Phi) is 6.22. The van der Waals surface area contributed by atoms with Gasteiger partial charge in [0.25, 0.3) is 5.69 Å². The fraction of sp³-hybridized carbons (Fsp3) is 0.500. The number of carbonyl (C=O) groups is 1. The highest BCUT2D eigenvalue weighted by atomic mass is 32.2. The summed E-state index contributed by atoms with van der Waals surface area (Å²) in [6.07, 6.45) is -6.02. The Balaban J connectivity index is 2.39. The van der Waals surface area contributed by atoms with Gasteiger partial charge in [-0.2, -0.15) is 8.42 Å². The number of rotatable bonds is 6. The van der Waals surface area contributed by atoms with Crippen LogP contribution < -0.4 is 10.1 Å². The zero-order chi connectivity index (χ0) is 21.3. The third-order valence-corrected chi connectivity index (χ3v) is 5.40. The molecule has 2 rings (SSSR count). The van der Waals surface area contributed by atoms with Gasteiger partial charge in [-0.05, 0) is 12.1 Å². The van der Waals surface area contributed by atoms with Gasteiger partial charge in [0.1, 0.15) is 24.0 Å². The van der Waals surface area contributed by atoms with E-state index in [0.717, 1.165) is 19.1 Å². The lowest BCUT2D eigenvalue weighted by Gasteiger charge is -2.47. The van der Waals surface area contributed by atoms with Crippen LogP contribution in [0.5, 0.6) is 5.75 Å². The van der Waals surface area contributed by atoms with Gasteiger partial charge in [-0.3, -0.25) is 19.5 Å². The number of benzene rings is 1. The molecule has 0 unspecified atom stereocenters. The summed E-state index contributed by atoms with van der Waals surface area (Å²) in [5.41, 5.74) is -0.246. The summed E-state index contributed by atoms with van der Waals surface area (Å²) in [6, 6.07) is 2.86. The molecule has 1 aliphatic heterocycles. The second-order valence-corrected chi connectivity index (χ2v) is 7.55. The van der Waals surface area contributed by atoms with E-state index in [-0.39, 0.29) is 11.4 Å². The van der Waals surface area contributed by atoms with Gasteiger partial charge in [-0.25, -0.2) is 0 Å². The normalized spacial score (nSPS) is 30.5. The maximum atomic E-state index is 11.6. The van der Waals surface area contributed by atoms with Crippen LogP contribution in [-0.4, -0.2) is 75.2 Å². The summed E-state index contributed by atoms with van der Waals surface area (Å²) in [5.74, 6) is -0.780. The Morgan fingerprint density at radius 1 is 1.39 bits per heavy atom. The molecule has 0 spiro atoms. The number of amides is 1. The van der Waals surface area contributed by atoms with Crippen LogP contribution >= 0.6 is 0 Å². The number of carbonyl (C=O) groups excluding carboxylic acids is 1. The van der Waals surface area contributed by atoms with E-state index >= 15 is 0 Å². The number of hydrogen-bond acceptors (Lipinski definition) is 10. The number of nitro groups is 1. The molecule has 1 fully saturated rings. The van der Waals surface area contributed by atoms with Crippen LogP contribution in [0.4, 0.5) is 5.69 Å². The van der Waals surface area contributed by atoms with E-state index in [0.29, 0.717) is 0 Å². The number of nitrogens with one attached hydrogen (secondary N) is 1. The first kappa shape index (κ1) is 21.9. The number of nitro benzene ring substituents is 1. The average molecular weight is 422 g/mol. The first-order valence-electron chi connectivity index (χ1n) is 7.73. The van der Waals surface area contributed by atoms with Crippen LogP contribution in [0.25, 0.3) is 0 Å². The Morgan fingerprint density at radius 3 is 2.39 bits per heavy atom. The van der Waals surface area contributed by atoms with E-state index < -0.39 is 57.0 Å². The Bertz CT molecular complexity index is 843. The molecule has 0 radical (unpaired) electrons. The Labute approximate surface area is 158 Å². The van der Waals surface area contributed by atoms with E-state index in [2.05, 4.69) is 5.32 Å². The van der Waals surface area contributed by atoms with E-state index in [4.69, 9.17) is 9.47 Å². The molecular weight excluding hydrogens is 404 g/mol. The van der Waals surface area contributed by atoms with Crippen molar-refractivity contribution in [3.63, 3.8) is 0 Å². The predicted molar refractivity (Wildman–Crippen MR) is 89.6 cm³/mol. The van der Waals surface area contributed by atoms with Crippen molar-refractivity contribution >= 4 is 21.7 Å². The van der Waals surface area contributed by atoms with Gasteiger partial charge in [-0.1, -0.05) is 0 Å². The fourth-order valence-electron chi connectivity index (χ4n) is 2.70. The number of aliphatic hydroxyl groups excluding tert-OH is 2. The second kappa shape index (κ2) is 7.94. The molecule has 0 bridgehead atoms. The van der Waals surface area contributed by atoms with Crippen molar-refractivity contribution in [3.05, 3.63) is 34.4 Å². The van der Waals surface area contributed by atoms with Gasteiger partial charge < -0.3 is 30.1 Å². The molecule has 1 saturated heterocycles. The van der Waals surface area contributed by atoms with Crippen LogP contribution in [0.3, 0.4) is 0 Å². The highest BCUT2D eigenvalue weighted by Crippen LogP contribution is 2.35. The molecular formula is C14H18N2O11S. The lowest BCUT2D eigenvalue weighted by molar-refractivity contribution is -0.384. The van der Waals surface area contributed by atoms with Crippen LogP contribution in [0.15, 0.2) is 24.3 Å². The molecule has 13 nitrogen and oxygen atoms in total. The largest absolute Gasteiger partial charge is 0.463 e. The average Bonchev–Trinajstić information content (AvgIpc) is 2.60. The van der Waals surface area contributed by atoms with E-state index in [1.165, 1.54) is 12.1 Å². The molecule has 28 heavy (non-hydrogen) atoms. The number of nitrogens with zero attached hydrogens (tertiary/aromatic N) is 1. The van der Waals surface area contributed by atoms with Crippen molar-refractivity contribution in [3.8, 4) is 5.75 Å². The summed E-state index contributed by atoms with van der Waals surface area (Å²) in [5, 5.41) is 42.9. The van der Waals surface area contributed by atoms with E-state index in [9.17, 15) is 43.2 Å². The minimum atomic E-state index is -5.38. The Morgan fingerprint density at radius 2 is 1.96 bits per heavy atom. The molecule has 1 heterocycles. The monoisotopic (exact) mass is 422 g/mol. The third-order valence-electron chi connectivity index (χ3n) is 4.07. The number of ether oxygens (including phenoxy) is 2. The van der Waals surface area contributed by atoms with Crippen LogP contribution in [0, 0.1) is 10.1 Å². The zero-order valence-corrected chi connectivity index (χ0v) is 15.1. The van der Waals surface area contributed by atoms with Crippen LogP contribution in [0.2, 0.25) is 0 Å². The Hall–Kier alpha value is -2.36. The summed E-state index contributed by atoms with van der Waals surface area (Å²) in [6.45, 7) is -0.111. The summed E-state index contributed by atoms with van der Waals surface area (Å²) in [7, 11) is -5.38. The van der Waals surface area contributed by atoms with Crippen molar-refractivity contribution < 1.29 is 47.5 Å². The number of hydrogen-bond donors (Lipinski definition) is 5. The molecule has 14 heteroatoms. The van der Waals surface area contributed by atoms with E-state index in [1.807, 2.05) is 0 Å².